The van der Waals surface area contributed by atoms with Crippen LogP contribution in [0.4, 0.5) is 0 Å². The molecule has 2 heterocycles. The molecule has 0 radical (unpaired) electrons. The normalized spacial score (nSPS) is 11.0. The molecule has 0 saturated heterocycles. The van der Waals surface area contributed by atoms with Gasteiger partial charge in [-0.1, -0.05) is 18.2 Å². The largest absolute Gasteiger partial charge is 0.383 e. The third-order valence-electron chi connectivity index (χ3n) is 3.36. The molecule has 0 fully saturated rings. The second-order valence-corrected chi connectivity index (χ2v) is 5.94. The van der Waals surface area contributed by atoms with E-state index < -0.39 is 0 Å². The molecule has 1 N–H and O–H groups in total. The van der Waals surface area contributed by atoms with Crippen LogP contribution in [0.15, 0.2) is 36.4 Å². The van der Waals surface area contributed by atoms with E-state index in [1.807, 2.05) is 48.0 Å². The first-order valence-corrected chi connectivity index (χ1v) is 7.84. The molecule has 0 atom stereocenters. The van der Waals surface area contributed by atoms with Crippen LogP contribution in [0.25, 0.3) is 15.9 Å². The summed E-state index contributed by atoms with van der Waals surface area (Å²) >= 11 is 1.45. The molecule has 0 spiro atoms. The number of hydrogen-bond acceptors (Lipinski definition) is 4. The molecule has 0 aliphatic heterocycles. The fraction of sp³-hybridized carbons (Fsp3) is 0.250. The van der Waals surface area contributed by atoms with Gasteiger partial charge in [-0.2, -0.15) is 5.10 Å². The fourth-order valence-corrected chi connectivity index (χ4v) is 3.36. The summed E-state index contributed by atoms with van der Waals surface area (Å²) in [7, 11) is 1.61. The summed E-state index contributed by atoms with van der Waals surface area (Å²) in [5.74, 6) is -0.0720. The molecule has 2 aromatic heterocycles. The molecular weight excluding hydrogens is 298 g/mol. The van der Waals surface area contributed by atoms with E-state index in [0.29, 0.717) is 18.0 Å². The SMILES string of the molecule is COCCNC(=O)c1cc2c(C)nn(-c3ccccc3)c2s1. The number of fused-ring (bicyclic) bond motifs is 1. The fourth-order valence-electron chi connectivity index (χ4n) is 2.26. The van der Waals surface area contributed by atoms with E-state index in [0.717, 1.165) is 21.6 Å². The quantitative estimate of drug-likeness (QED) is 0.737. The zero-order valence-electron chi connectivity index (χ0n) is 12.5. The van der Waals surface area contributed by atoms with Gasteiger partial charge < -0.3 is 10.1 Å². The Hall–Kier alpha value is -2.18. The molecular formula is C16H17N3O2S. The first-order valence-electron chi connectivity index (χ1n) is 7.02. The Bertz CT molecular complexity index is 792. The van der Waals surface area contributed by atoms with Crippen molar-refractivity contribution in [1.82, 2.24) is 15.1 Å². The summed E-state index contributed by atoms with van der Waals surface area (Å²) in [6.07, 6.45) is 0. The zero-order valence-corrected chi connectivity index (χ0v) is 13.3. The second kappa shape index (κ2) is 6.29. The molecule has 3 aromatic rings. The number of thiophene rings is 1. The predicted molar refractivity (Wildman–Crippen MR) is 87.9 cm³/mol. The number of aryl methyl sites for hydroxylation is 1. The number of carbonyl (C=O) groups is 1. The average Bonchev–Trinajstić information content (AvgIpc) is 3.09. The maximum Gasteiger partial charge on any atom is 0.261 e. The Morgan fingerprint density at radius 3 is 2.86 bits per heavy atom. The predicted octanol–water partition coefficient (Wildman–Crippen LogP) is 2.77. The maximum absolute atomic E-state index is 12.2. The molecule has 1 amide bonds. The third-order valence-corrected chi connectivity index (χ3v) is 4.47. The molecule has 6 heteroatoms. The van der Waals surface area contributed by atoms with Crippen molar-refractivity contribution in [2.24, 2.45) is 0 Å². The van der Waals surface area contributed by atoms with Crippen LogP contribution in [0.3, 0.4) is 0 Å². The molecule has 5 nitrogen and oxygen atoms in total. The van der Waals surface area contributed by atoms with Gasteiger partial charge in [0.15, 0.2) is 0 Å². The number of ether oxygens (including phenoxy) is 1. The molecule has 1 aromatic carbocycles. The highest BCUT2D eigenvalue weighted by atomic mass is 32.1. The van der Waals surface area contributed by atoms with Crippen LogP contribution in [0.1, 0.15) is 15.4 Å². The number of para-hydroxylation sites is 1. The molecule has 22 heavy (non-hydrogen) atoms. The van der Waals surface area contributed by atoms with Crippen molar-refractivity contribution in [3.05, 3.63) is 47.0 Å². The van der Waals surface area contributed by atoms with Crippen LogP contribution in [0.5, 0.6) is 0 Å². The van der Waals surface area contributed by atoms with Gasteiger partial charge in [0.2, 0.25) is 0 Å². The van der Waals surface area contributed by atoms with Gasteiger partial charge in [-0.15, -0.1) is 11.3 Å². The maximum atomic E-state index is 12.2. The van der Waals surface area contributed by atoms with Crippen LogP contribution in [0, 0.1) is 6.92 Å². The van der Waals surface area contributed by atoms with Crippen molar-refractivity contribution in [2.45, 2.75) is 6.92 Å². The van der Waals surface area contributed by atoms with E-state index in [1.54, 1.807) is 7.11 Å². The smallest absolute Gasteiger partial charge is 0.261 e. The van der Waals surface area contributed by atoms with Gasteiger partial charge in [-0.05, 0) is 25.1 Å². The Kier molecular flexibility index (Phi) is 4.22. The van der Waals surface area contributed by atoms with Crippen molar-refractivity contribution in [3.63, 3.8) is 0 Å². The molecule has 114 valence electrons. The van der Waals surface area contributed by atoms with Gasteiger partial charge in [0, 0.05) is 19.0 Å². The number of nitrogens with one attached hydrogen (secondary N) is 1. The summed E-state index contributed by atoms with van der Waals surface area (Å²) in [5.41, 5.74) is 1.92. The van der Waals surface area contributed by atoms with E-state index in [2.05, 4.69) is 10.4 Å². The summed E-state index contributed by atoms with van der Waals surface area (Å²) in [6, 6.07) is 11.8. The van der Waals surface area contributed by atoms with Crippen molar-refractivity contribution in [1.29, 1.82) is 0 Å². The van der Waals surface area contributed by atoms with Crippen LogP contribution < -0.4 is 5.32 Å². The number of aromatic nitrogens is 2. The first-order chi connectivity index (χ1) is 10.7. The van der Waals surface area contributed by atoms with E-state index in [1.165, 1.54) is 11.3 Å². The lowest BCUT2D eigenvalue weighted by atomic mass is 10.3. The average molecular weight is 315 g/mol. The summed E-state index contributed by atoms with van der Waals surface area (Å²) in [5, 5.41) is 8.44. The van der Waals surface area contributed by atoms with Crippen molar-refractivity contribution in [2.75, 3.05) is 20.3 Å². The van der Waals surface area contributed by atoms with Gasteiger partial charge >= 0.3 is 0 Å². The van der Waals surface area contributed by atoms with Gasteiger partial charge in [0.05, 0.1) is 22.9 Å². The van der Waals surface area contributed by atoms with Gasteiger partial charge in [-0.3, -0.25) is 4.79 Å². The number of benzene rings is 1. The second-order valence-electron chi connectivity index (χ2n) is 4.91. The number of carbonyl (C=O) groups excluding carboxylic acids is 1. The van der Waals surface area contributed by atoms with Gasteiger partial charge in [0.25, 0.3) is 5.91 Å². The summed E-state index contributed by atoms with van der Waals surface area (Å²) in [4.78, 5) is 13.8. The Morgan fingerprint density at radius 2 is 2.14 bits per heavy atom. The lowest BCUT2D eigenvalue weighted by molar-refractivity contribution is 0.0941. The standard InChI is InChI=1S/C16H17N3O2S/c1-11-13-10-14(15(20)17-8-9-21-2)22-16(13)19(18-11)12-6-4-3-5-7-12/h3-7,10H,8-9H2,1-2H3,(H,17,20). The Morgan fingerprint density at radius 1 is 1.36 bits per heavy atom. The highest BCUT2D eigenvalue weighted by Gasteiger charge is 2.16. The van der Waals surface area contributed by atoms with Crippen molar-refractivity contribution < 1.29 is 9.53 Å². The minimum atomic E-state index is -0.0720. The molecule has 0 unspecified atom stereocenters. The minimum Gasteiger partial charge on any atom is -0.383 e. The monoisotopic (exact) mass is 315 g/mol. The number of nitrogens with zero attached hydrogens (tertiary/aromatic N) is 2. The number of methoxy groups -OCH3 is 1. The van der Waals surface area contributed by atoms with Crippen LogP contribution in [-0.4, -0.2) is 35.9 Å². The lowest BCUT2D eigenvalue weighted by Gasteiger charge is -2.02. The van der Waals surface area contributed by atoms with Crippen molar-refractivity contribution >= 4 is 27.5 Å². The van der Waals surface area contributed by atoms with E-state index in [-0.39, 0.29) is 5.91 Å². The number of hydrogen-bond donors (Lipinski definition) is 1. The molecule has 0 bridgehead atoms. The van der Waals surface area contributed by atoms with Crippen molar-refractivity contribution in [3.8, 4) is 5.69 Å². The van der Waals surface area contributed by atoms with Crippen LogP contribution >= 0.6 is 11.3 Å². The van der Waals surface area contributed by atoms with E-state index in [4.69, 9.17) is 4.74 Å². The minimum absolute atomic E-state index is 0.0720. The number of rotatable bonds is 5. The Balaban J connectivity index is 1.95. The number of amides is 1. The summed E-state index contributed by atoms with van der Waals surface area (Å²) < 4.78 is 6.83. The first kappa shape index (κ1) is 14.7. The van der Waals surface area contributed by atoms with Crippen LogP contribution in [-0.2, 0) is 4.74 Å². The van der Waals surface area contributed by atoms with Gasteiger partial charge in [0.1, 0.15) is 4.83 Å². The molecule has 0 aliphatic rings. The van der Waals surface area contributed by atoms with Crippen LogP contribution in [0.2, 0.25) is 0 Å². The lowest BCUT2D eigenvalue weighted by Crippen LogP contribution is -2.26. The highest BCUT2D eigenvalue weighted by Crippen LogP contribution is 2.30. The van der Waals surface area contributed by atoms with E-state index in [9.17, 15) is 4.79 Å². The zero-order chi connectivity index (χ0) is 15.5. The third kappa shape index (κ3) is 2.75. The molecule has 3 rings (SSSR count). The molecule has 0 saturated carbocycles. The van der Waals surface area contributed by atoms with Gasteiger partial charge in [-0.25, -0.2) is 4.68 Å². The topological polar surface area (TPSA) is 56.1 Å². The van der Waals surface area contributed by atoms with E-state index >= 15 is 0 Å². The molecule has 0 aliphatic carbocycles. The Labute approximate surface area is 132 Å². The highest BCUT2D eigenvalue weighted by molar-refractivity contribution is 7.20. The summed E-state index contributed by atoms with van der Waals surface area (Å²) in [6.45, 7) is 2.97.